The Morgan fingerprint density at radius 3 is 2.39 bits per heavy atom. The zero-order valence-corrected chi connectivity index (χ0v) is 16.0. The number of hydrogen-bond donors (Lipinski definition) is 1. The summed E-state index contributed by atoms with van der Waals surface area (Å²) in [5.41, 5.74) is 2.18. The Bertz CT molecular complexity index is 834. The highest BCUT2D eigenvalue weighted by molar-refractivity contribution is 6.04. The van der Waals surface area contributed by atoms with E-state index in [1.807, 2.05) is 54.6 Å². The van der Waals surface area contributed by atoms with Crippen LogP contribution in [0.4, 0.5) is 4.79 Å². The lowest BCUT2D eigenvalue weighted by Gasteiger charge is -2.26. The fraction of sp³-hybridized carbons (Fsp3) is 0.364. The van der Waals surface area contributed by atoms with E-state index in [1.165, 1.54) is 4.90 Å². The summed E-state index contributed by atoms with van der Waals surface area (Å²) in [5.74, 6) is 0.675. The highest BCUT2D eigenvalue weighted by Crippen LogP contribution is 2.29. The number of urea groups is 1. The summed E-state index contributed by atoms with van der Waals surface area (Å²) in [4.78, 5) is 28.9. The van der Waals surface area contributed by atoms with Gasteiger partial charge in [-0.05, 0) is 36.1 Å². The minimum Gasteiger partial charge on any atom is -0.497 e. The SMILES string of the molecule is COc1ccc(CN(CN2C(=O)NC(Cc3ccccc3)C2=O)C2CC2)cc1. The van der Waals surface area contributed by atoms with Crippen molar-refractivity contribution in [3.05, 3.63) is 65.7 Å². The lowest BCUT2D eigenvalue weighted by molar-refractivity contribution is -0.129. The maximum absolute atomic E-state index is 12.8. The summed E-state index contributed by atoms with van der Waals surface area (Å²) in [7, 11) is 1.65. The van der Waals surface area contributed by atoms with Gasteiger partial charge in [-0.15, -0.1) is 0 Å². The number of amides is 3. The van der Waals surface area contributed by atoms with Crippen LogP contribution in [0.3, 0.4) is 0 Å². The van der Waals surface area contributed by atoms with E-state index >= 15 is 0 Å². The molecule has 0 radical (unpaired) electrons. The molecule has 1 N–H and O–H groups in total. The third-order valence-corrected chi connectivity index (χ3v) is 5.32. The average Bonchev–Trinajstić information content (AvgIpc) is 3.53. The van der Waals surface area contributed by atoms with Crippen molar-refractivity contribution < 1.29 is 14.3 Å². The predicted octanol–water partition coefficient (Wildman–Crippen LogP) is 2.78. The van der Waals surface area contributed by atoms with Gasteiger partial charge in [-0.3, -0.25) is 9.69 Å². The minimum atomic E-state index is -0.489. The summed E-state index contributed by atoms with van der Waals surface area (Å²) in [6, 6.07) is 17.3. The fourth-order valence-electron chi connectivity index (χ4n) is 3.58. The second-order valence-corrected chi connectivity index (χ2v) is 7.43. The van der Waals surface area contributed by atoms with Gasteiger partial charge >= 0.3 is 6.03 Å². The molecular weight excluding hydrogens is 354 g/mol. The number of carbonyl (C=O) groups is 2. The van der Waals surface area contributed by atoms with E-state index in [-0.39, 0.29) is 11.9 Å². The van der Waals surface area contributed by atoms with Crippen molar-refractivity contribution in [3.8, 4) is 5.75 Å². The van der Waals surface area contributed by atoms with Crippen LogP contribution in [0.1, 0.15) is 24.0 Å². The van der Waals surface area contributed by atoms with E-state index in [1.54, 1.807) is 7.11 Å². The number of imide groups is 1. The highest BCUT2D eigenvalue weighted by Gasteiger charge is 2.40. The van der Waals surface area contributed by atoms with Crippen molar-refractivity contribution in [2.45, 2.75) is 37.9 Å². The quantitative estimate of drug-likeness (QED) is 0.717. The zero-order valence-electron chi connectivity index (χ0n) is 16.0. The van der Waals surface area contributed by atoms with Gasteiger partial charge in [-0.1, -0.05) is 42.5 Å². The van der Waals surface area contributed by atoms with Crippen LogP contribution >= 0.6 is 0 Å². The van der Waals surface area contributed by atoms with Crippen molar-refractivity contribution in [3.63, 3.8) is 0 Å². The molecule has 0 spiro atoms. The molecule has 2 aromatic rings. The lowest BCUT2D eigenvalue weighted by atomic mass is 10.1. The summed E-state index contributed by atoms with van der Waals surface area (Å²) >= 11 is 0. The Labute approximate surface area is 165 Å². The van der Waals surface area contributed by atoms with Crippen molar-refractivity contribution >= 4 is 11.9 Å². The molecule has 1 aliphatic heterocycles. The normalized spacial score (nSPS) is 19.2. The lowest BCUT2D eigenvalue weighted by Crippen LogP contribution is -2.42. The number of ether oxygens (including phenoxy) is 1. The van der Waals surface area contributed by atoms with Gasteiger partial charge in [0.2, 0.25) is 0 Å². The van der Waals surface area contributed by atoms with Crippen molar-refractivity contribution in [1.29, 1.82) is 0 Å². The molecule has 1 saturated heterocycles. The topological polar surface area (TPSA) is 61.9 Å². The number of nitrogens with one attached hydrogen (secondary N) is 1. The second kappa shape index (κ2) is 8.02. The van der Waals surface area contributed by atoms with Crippen LogP contribution in [-0.2, 0) is 17.8 Å². The fourth-order valence-corrected chi connectivity index (χ4v) is 3.58. The molecule has 0 bridgehead atoms. The van der Waals surface area contributed by atoms with Gasteiger partial charge < -0.3 is 10.1 Å². The van der Waals surface area contributed by atoms with E-state index in [9.17, 15) is 9.59 Å². The number of hydrogen-bond acceptors (Lipinski definition) is 4. The van der Waals surface area contributed by atoms with Crippen LogP contribution in [-0.4, -0.2) is 47.6 Å². The number of nitrogens with zero attached hydrogens (tertiary/aromatic N) is 2. The summed E-state index contributed by atoms with van der Waals surface area (Å²) in [5, 5.41) is 2.84. The Kier molecular flexibility index (Phi) is 5.30. The molecule has 1 heterocycles. The Morgan fingerprint density at radius 1 is 1.04 bits per heavy atom. The van der Waals surface area contributed by atoms with Crippen molar-refractivity contribution in [2.24, 2.45) is 0 Å². The van der Waals surface area contributed by atoms with Gasteiger partial charge in [0.1, 0.15) is 11.8 Å². The first-order valence-corrected chi connectivity index (χ1v) is 9.67. The standard InChI is InChI=1S/C22H25N3O3/c1-28-19-11-7-17(8-12-19)14-24(18-9-10-18)15-25-21(26)20(23-22(25)27)13-16-5-3-2-4-6-16/h2-8,11-12,18,20H,9-10,13-15H2,1H3,(H,23,27). The van der Waals surface area contributed by atoms with E-state index in [4.69, 9.17) is 4.74 Å². The summed E-state index contributed by atoms with van der Waals surface area (Å²) in [6.45, 7) is 1.03. The number of rotatable bonds is 8. The van der Waals surface area contributed by atoms with Crippen LogP contribution < -0.4 is 10.1 Å². The average molecular weight is 379 g/mol. The summed E-state index contributed by atoms with van der Waals surface area (Å²) in [6.07, 6.45) is 2.73. The smallest absolute Gasteiger partial charge is 0.325 e. The summed E-state index contributed by atoms with van der Waals surface area (Å²) < 4.78 is 5.21. The van der Waals surface area contributed by atoms with Gasteiger partial charge in [0, 0.05) is 19.0 Å². The molecule has 1 saturated carbocycles. The van der Waals surface area contributed by atoms with E-state index in [0.29, 0.717) is 25.7 Å². The number of methoxy groups -OCH3 is 1. The maximum atomic E-state index is 12.8. The van der Waals surface area contributed by atoms with Crippen LogP contribution in [0.5, 0.6) is 5.75 Å². The molecule has 6 heteroatoms. The van der Waals surface area contributed by atoms with Crippen LogP contribution in [0.2, 0.25) is 0 Å². The van der Waals surface area contributed by atoms with Gasteiger partial charge in [0.25, 0.3) is 5.91 Å². The van der Waals surface area contributed by atoms with Crippen LogP contribution in [0.25, 0.3) is 0 Å². The molecule has 1 atom stereocenters. The van der Waals surface area contributed by atoms with Gasteiger partial charge in [0.15, 0.2) is 0 Å². The predicted molar refractivity (Wildman–Crippen MR) is 106 cm³/mol. The van der Waals surface area contributed by atoms with E-state index in [2.05, 4.69) is 10.2 Å². The first kappa shape index (κ1) is 18.5. The van der Waals surface area contributed by atoms with Crippen molar-refractivity contribution in [1.82, 2.24) is 15.1 Å². The monoisotopic (exact) mass is 379 g/mol. The van der Waals surface area contributed by atoms with Crippen LogP contribution in [0.15, 0.2) is 54.6 Å². The molecule has 146 valence electrons. The Morgan fingerprint density at radius 2 is 1.75 bits per heavy atom. The van der Waals surface area contributed by atoms with Gasteiger partial charge in [-0.2, -0.15) is 0 Å². The largest absolute Gasteiger partial charge is 0.497 e. The number of carbonyl (C=O) groups excluding carboxylic acids is 2. The third kappa shape index (κ3) is 4.17. The second-order valence-electron chi connectivity index (χ2n) is 7.43. The molecule has 2 fully saturated rings. The molecule has 6 nitrogen and oxygen atoms in total. The molecule has 1 unspecified atom stereocenters. The molecular formula is C22H25N3O3. The molecule has 1 aliphatic carbocycles. The molecule has 2 aromatic carbocycles. The van der Waals surface area contributed by atoms with E-state index < -0.39 is 6.04 Å². The highest BCUT2D eigenvalue weighted by atomic mass is 16.5. The molecule has 4 rings (SSSR count). The van der Waals surface area contributed by atoms with Crippen LogP contribution in [0, 0.1) is 0 Å². The van der Waals surface area contributed by atoms with E-state index in [0.717, 1.165) is 29.7 Å². The first-order valence-electron chi connectivity index (χ1n) is 9.67. The van der Waals surface area contributed by atoms with Gasteiger partial charge in [-0.25, -0.2) is 9.69 Å². The first-order chi connectivity index (χ1) is 13.6. The van der Waals surface area contributed by atoms with Gasteiger partial charge in [0.05, 0.1) is 13.8 Å². The number of benzene rings is 2. The molecule has 0 aromatic heterocycles. The maximum Gasteiger partial charge on any atom is 0.325 e. The Hall–Kier alpha value is -2.86. The molecule has 3 amide bonds. The minimum absolute atomic E-state index is 0.144. The Balaban J connectivity index is 1.41. The van der Waals surface area contributed by atoms with Crippen molar-refractivity contribution in [2.75, 3.05) is 13.8 Å². The molecule has 28 heavy (non-hydrogen) atoms. The third-order valence-electron chi connectivity index (χ3n) is 5.32. The zero-order chi connectivity index (χ0) is 19.5. The molecule has 2 aliphatic rings.